The second-order valence-corrected chi connectivity index (χ2v) is 5.09. The molecule has 0 saturated carbocycles. The van der Waals surface area contributed by atoms with Gasteiger partial charge in [-0.2, -0.15) is 0 Å². The fourth-order valence-electron chi connectivity index (χ4n) is 1.64. The number of amides is 1. The fraction of sp³-hybridized carbons (Fsp3) is 0.462. The Bertz CT molecular complexity index is 418. The van der Waals surface area contributed by atoms with Crippen LogP contribution in [0.15, 0.2) is 22.7 Å². The Morgan fingerprint density at radius 2 is 2.21 bits per heavy atom. The molecule has 0 aromatic heterocycles. The highest BCUT2D eigenvalue weighted by Crippen LogP contribution is 2.15. The molecule has 0 spiro atoms. The van der Waals surface area contributed by atoms with E-state index in [1.165, 1.54) is 12.1 Å². The lowest BCUT2D eigenvalue weighted by molar-refractivity contribution is 0.0931. The third-order valence-electron chi connectivity index (χ3n) is 2.70. The van der Waals surface area contributed by atoms with Crippen molar-refractivity contribution in [2.75, 3.05) is 6.54 Å². The molecule has 0 saturated heterocycles. The molecule has 6 heteroatoms. The van der Waals surface area contributed by atoms with Gasteiger partial charge >= 0.3 is 0 Å². The topological polar surface area (TPSA) is 55.1 Å². The Morgan fingerprint density at radius 1 is 1.53 bits per heavy atom. The molecular weight excluding hydrogens is 335 g/mol. The molecule has 3 N–H and O–H groups in total. The molecule has 1 aromatic carbocycles. The number of benzene rings is 1. The molecule has 0 aliphatic heterocycles. The van der Waals surface area contributed by atoms with E-state index in [0.717, 1.165) is 19.3 Å². The van der Waals surface area contributed by atoms with Gasteiger partial charge in [0.2, 0.25) is 0 Å². The number of carbonyl (C=O) groups excluding carboxylic acids is 1. The molecule has 1 rings (SSSR count). The molecule has 0 heterocycles. The maximum atomic E-state index is 13.6. The van der Waals surface area contributed by atoms with Crippen LogP contribution in [0, 0.1) is 5.82 Å². The van der Waals surface area contributed by atoms with E-state index < -0.39 is 11.7 Å². The van der Waals surface area contributed by atoms with Crippen molar-refractivity contribution in [3.63, 3.8) is 0 Å². The number of nitrogens with one attached hydrogen (secondary N) is 1. The number of hydrogen-bond donors (Lipinski definition) is 2. The van der Waals surface area contributed by atoms with Crippen LogP contribution >= 0.6 is 28.3 Å². The molecule has 3 nitrogen and oxygen atoms in total. The first-order valence-corrected chi connectivity index (χ1v) is 6.83. The standard InChI is InChI=1S/C13H18BrFN2O.ClH/c1-2-3-4-10(8-16)17-13(18)11-6-5-9(14)7-12(11)15;/h5-7,10H,2-4,8,16H2,1H3,(H,17,18);1H. The van der Waals surface area contributed by atoms with E-state index in [9.17, 15) is 9.18 Å². The van der Waals surface area contributed by atoms with E-state index in [4.69, 9.17) is 5.73 Å². The zero-order chi connectivity index (χ0) is 13.5. The van der Waals surface area contributed by atoms with Crippen molar-refractivity contribution in [2.24, 2.45) is 5.73 Å². The van der Waals surface area contributed by atoms with Gasteiger partial charge in [-0.1, -0.05) is 35.7 Å². The molecule has 1 atom stereocenters. The Hall–Kier alpha value is -0.650. The minimum atomic E-state index is -0.534. The van der Waals surface area contributed by atoms with Crippen LogP contribution in [0.4, 0.5) is 4.39 Å². The van der Waals surface area contributed by atoms with Crippen LogP contribution in [-0.2, 0) is 0 Å². The van der Waals surface area contributed by atoms with Crippen molar-refractivity contribution in [3.05, 3.63) is 34.1 Å². The van der Waals surface area contributed by atoms with Crippen molar-refractivity contribution in [1.82, 2.24) is 5.32 Å². The summed E-state index contributed by atoms with van der Waals surface area (Å²) >= 11 is 3.15. The molecule has 19 heavy (non-hydrogen) atoms. The molecule has 0 aliphatic rings. The number of halogens is 3. The zero-order valence-corrected chi connectivity index (χ0v) is 13.2. The van der Waals surface area contributed by atoms with Gasteiger partial charge in [-0.15, -0.1) is 12.4 Å². The summed E-state index contributed by atoms with van der Waals surface area (Å²) < 4.78 is 14.2. The van der Waals surface area contributed by atoms with Crippen LogP contribution in [0.3, 0.4) is 0 Å². The zero-order valence-electron chi connectivity index (χ0n) is 10.8. The second-order valence-electron chi connectivity index (χ2n) is 4.17. The van der Waals surface area contributed by atoms with Crippen LogP contribution < -0.4 is 11.1 Å². The van der Waals surface area contributed by atoms with Crippen LogP contribution in [0.5, 0.6) is 0 Å². The average molecular weight is 354 g/mol. The Balaban J connectivity index is 0.00000324. The summed E-state index contributed by atoms with van der Waals surface area (Å²) in [6.45, 7) is 2.44. The largest absolute Gasteiger partial charge is 0.348 e. The number of nitrogens with two attached hydrogens (primary N) is 1. The number of unbranched alkanes of at least 4 members (excludes halogenated alkanes) is 1. The maximum absolute atomic E-state index is 13.6. The van der Waals surface area contributed by atoms with Gasteiger partial charge in [-0.25, -0.2) is 4.39 Å². The first-order chi connectivity index (χ1) is 8.58. The van der Waals surface area contributed by atoms with Crippen molar-refractivity contribution >= 4 is 34.2 Å². The molecule has 0 bridgehead atoms. The highest BCUT2D eigenvalue weighted by Gasteiger charge is 2.15. The first-order valence-electron chi connectivity index (χ1n) is 6.04. The molecule has 1 aromatic rings. The quantitative estimate of drug-likeness (QED) is 0.825. The summed E-state index contributed by atoms with van der Waals surface area (Å²) in [5.74, 6) is -0.945. The van der Waals surface area contributed by atoms with Crippen molar-refractivity contribution in [1.29, 1.82) is 0 Å². The Morgan fingerprint density at radius 3 is 2.74 bits per heavy atom. The Labute approximate surface area is 127 Å². The summed E-state index contributed by atoms with van der Waals surface area (Å²) in [6, 6.07) is 4.28. The fourth-order valence-corrected chi connectivity index (χ4v) is 1.97. The lowest BCUT2D eigenvalue weighted by atomic mass is 10.1. The summed E-state index contributed by atoms with van der Waals surface area (Å²) in [6.07, 6.45) is 2.85. The SMILES string of the molecule is CCCCC(CN)NC(=O)c1ccc(Br)cc1F.Cl. The third-order valence-corrected chi connectivity index (χ3v) is 3.19. The van der Waals surface area contributed by atoms with Gasteiger partial charge in [0.25, 0.3) is 5.91 Å². The normalized spacial score (nSPS) is 11.6. The lowest BCUT2D eigenvalue weighted by Crippen LogP contribution is -2.40. The van der Waals surface area contributed by atoms with E-state index in [-0.39, 0.29) is 24.0 Å². The molecule has 0 radical (unpaired) electrons. The average Bonchev–Trinajstić information content (AvgIpc) is 2.34. The van der Waals surface area contributed by atoms with Gasteiger partial charge in [-0.3, -0.25) is 4.79 Å². The summed E-state index contributed by atoms with van der Waals surface area (Å²) in [5, 5.41) is 2.76. The predicted molar refractivity (Wildman–Crippen MR) is 81.2 cm³/mol. The van der Waals surface area contributed by atoms with Crippen LogP contribution in [-0.4, -0.2) is 18.5 Å². The Kier molecular flexibility index (Phi) is 8.97. The summed E-state index contributed by atoms with van der Waals surface area (Å²) in [7, 11) is 0. The molecule has 1 unspecified atom stereocenters. The van der Waals surface area contributed by atoms with E-state index in [1.807, 2.05) is 0 Å². The van der Waals surface area contributed by atoms with Crippen molar-refractivity contribution < 1.29 is 9.18 Å². The van der Waals surface area contributed by atoms with E-state index in [1.54, 1.807) is 6.07 Å². The van der Waals surface area contributed by atoms with Gasteiger partial charge in [0.15, 0.2) is 0 Å². The second kappa shape index (κ2) is 9.28. The predicted octanol–water partition coefficient (Wildman–Crippen LogP) is 3.26. The van der Waals surface area contributed by atoms with Crippen LogP contribution in [0.25, 0.3) is 0 Å². The van der Waals surface area contributed by atoms with E-state index in [2.05, 4.69) is 28.2 Å². The monoisotopic (exact) mass is 352 g/mol. The molecule has 108 valence electrons. The van der Waals surface area contributed by atoms with E-state index in [0.29, 0.717) is 11.0 Å². The summed E-state index contributed by atoms with van der Waals surface area (Å²) in [4.78, 5) is 11.9. The molecule has 0 fully saturated rings. The van der Waals surface area contributed by atoms with Crippen molar-refractivity contribution in [3.8, 4) is 0 Å². The minimum absolute atomic E-state index is 0. The first kappa shape index (κ1) is 18.4. The summed E-state index contributed by atoms with van der Waals surface area (Å²) in [5.41, 5.74) is 5.64. The molecule has 0 aliphatic carbocycles. The minimum Gasteiger partial charge on any atom is -0.348 e. The maximum Gasteiger partial charge on any atom is 0.254 e. The van der Waals surface area contributed by atoms with Gasteiger partial charge < -0.3 is 11.1 Å². The third kappa shape index (κ3) is 5.89. The number of carbonyl (C=O) groups is 1. The van der Waals surface area contributed by atoms with Crippen LogP contribution in [0.2, 0.25) is 0 Å². The lowest BCUT2D eigenvalue weighted by Gasteiger charge is -2.16. The van der Waals surface area contributed by atoms with Gasteiger partial charge in [0.1, 0.15) is 5.82 Å². The van der Waals surface area contributed by atoms with E-state index >= 15 is 0 Å². The van der Waals surface area contributed by atoms with Gasteiger partial charge in [0.05, 0.1) is 5.56 Å². The van der Waals surface area contributed by atoms with Crippen molar-refractivity contribution in [2.45, 2.75) is 32.2 Å². The van der Waals surface area contributed by atoms with Gasteiger partial charge in [0, 0.05) is 17.1 Å². The smallest absolute Gasteiger partial charge is 0.254 e. The highest BCUT2D eigenvalue weighted by molar-refractivity contribution is 9.10. The van der Waals surface area contributed by atoms with Crippen LogP contribution in [0.1, 0.15) is 36.5 Å². The number of hydrogen-bond acceptors (Lipinski definition) is 2. The highest BCUT2D eigenvalue weighted by atomic mass is 79.9. The number of rotatable bonds is 6. The van der Waals surface area contributed by atoms with Gasteiger partial charge in [-0.05, 0) is 24.6 Å². The molecular formula is C13H19BrClFN2O. The molecule has 1 amide bonds.